The first-order chi connectivity index (χ1) is 11.6. The summed E-state index contributed by atoms with van der Waals surface area (Å²) in [7, 11) is 1.90. The summed E-state index contributed by atoms with van der Waals surface area (Å²) in [5.41, 5.74) is 3.31. The molecule has 124 valence electrons. The molecule has 2 aromatic heterocycles. The molecule has 4 rings (SSSR count). The number of ether oxygens (including phenoxy) is 1. The summed E-state index contributed by atoms with van der Waals surface area (Å²) in [5, 5.41) is 5.06. The van der Waals surface area contributed by atoms with Gasteiger partial charge in [-0.1, -0.05) is 12.1 Å². The van der Waals surface area contributed by atoms with Crippen molar-refractivity contribution in [3.05, 3.63) is 53.7 Å². The Hall–Kier alpha value is -2.47. The van der Waals surface area contributed by atoms with Gasteiger partial charge in [0.2, 0.25) is 0 Å². The summed E-state index contributed by atoms with van der Waals surface area (Å²) in [5.74, 6) is -0.283. The molecule has 6 heteroatoms. The number of aryl methyl sites for hydroxylation is 2. The minimum atomic E-state index is -0.283. The van der Waals surface area contributed by atoms with E-state index in [2.05, 4.69) is 15.0 Å². The van der Waals surface area contributed by atoms with Gasteiger partial charge >= 0.3 is 0 Å². The molecule has 3 heterocycles. The number of nitrogens with zero attached hydrogens (tertiary/aromatic N) is 4. The third-order valence-corrected chi connectivity index (χ3v) is 4.40. The van der Waals surface area contributed by atoms with Crippen LogP contribution in [0.25, 0.3) is 10.9 Å². The van der Waals surface area contributed by atoms with Crippen molar-refractivity contribution in [2.24, 2.45) is 7.05 Å². The molecule has 0 spiro atoms. The lowest BCUT2D eigenvalue weighted by Crippen LogP contribution is -2.38. The van der Waals surface area contributed by atoms with Crippen molar-refractivity contribution in [2.45, 2.75) is 13.0 Å². The van der Waals surface area contributed by atoms with E-state index in [0.29, 0.717) is 18.7 Å². The summed E-state index contributed by atoms with van der Waals surface area (Å²) in [4.78, 5) is 6.61. The third kappa shape index (κ3) is 2.63. The van der Waals surface area contributed by atoms with E-state index < -0.39 is 0 Å². The Morgan fingerprint density at radius 1 is 1.33 bits per heavy atom. The van der Waals surface area contributed by atoms with Gasteiger partial charge in [0.1, 0.15) is 17.4 Å². The Balaban J connectivity index is 1.73. The molecule has 1 atom stereocenters. The van der Waals surface area contributed by atoms with E-state index in [1.54, 1.807) is 10.7 Å². The van der Waals surface area contributed by atoms with E-state index >= 15 is 0 Å². The van der Waals surface area contributed by atoms with Gasteiger partial charge in [0.25, 0.3) is 0 Å². The number of para-hydroxylation sites is 1. The predicted octanol–water partition coefficient (Wildman–Crippen LogP) is 2.99. The van der Waals surface area contributed by atoms with E-state index in [-0.39, 0.29) is 11.9 Å². The van der Waals surface area contributed by atoms with Gasteiger partial charge in [-0.15, -0.1) is 0 Å². The smallest absolute Gasteiger partial charge is 0.149 e. The van der Waals surface area contributed by atoms with E-state index in [1.807, 2.05) is 38.5 Å². The molecule has 24 heavy (non-hydrogen) atoms. The van der Waals surface area contributed by atoms with Crippen LogP contribution in [0.2, 0.25) is 0 Å². The van der Waals surface area contributed by atoms with Crippen LogP contribution in [-0.2, 0) is 11.8 Å². The van der Waals surface area contributed by atoms with E-state index in [9.17, 15) is 4.39 Å². The van der Waals surface area contributed by atoms with Gasteiger partial charge in [0, 0.05) is 48.7 Å². The van der Waals surface area contributed by atoms with Crippen molar-refractivity contribution in [3.8, 4) is 0 Å². The maximum Gasteiger partial charge on any atom is 0.149 e. The van der Waals surface area contributed by atoms with Crippen LogP contribution >= 0.6 is 0 Å². The number of hydrogen-bond donors (Lipinski definition) is 0. The molecule has 1 aliphatic heterocycles. The highest BCUT2D eigenvalue weighted by atomic mass is 19.1. The zero-order chi connectivity index (χ0) is 16.7. The van der Waals surface area contributed by atoms with Gasteiger partial charge in [-0.05, 0) is 19.1 Å². The lowest BCUT2D eigenvalue weighted by Gasteiger charge is -2.35. The van der Waals surface area contributed by atoms with Gasteiger partial charge in [-0.3, -0.25) is 4.68 Å². The van der Waals surface area contributed by atoms with Gasteiger partial charge in [-0.25, -0.2) is 9.37 Å². The van der Waals surface area contributed by atoms with E-state index in [4.69, 9.17) is 4.74 Å². The van der Waals surface area contributed by atoms with E-state index in [0.717, 1.165) is 28.9 Å². The van der Waals surface area contributed by atoms with Crippen LogP contribution in [0.3, 0.4) is 0 Å². The Bertz CT molecular complexity index is 892. The number of halogens is 1. The zero-order valence-electron chi connectivity index (χ0n) is 13.7. The van der Waals surface area contributed by atoms with Crippen LogP contribution in [-0.4, -0.2) is 34.5 Å². The van der Waals surface area contributed by atoms with Crippen molar-refractivity contribution in [3.63, 3.8) is 0 Å². The van der Waals surface area contributed by atoms with Crippen molar-refractivity contribution in [1.82, 2.24) is 14.8 Å². The van der Waals surface area contributed by atoms with Crippen LogP contribution in [0.4, 0.5) is 10.1 Å². The first-order valence-corrected chi connectivity index (χ1v) is 8.03. The van der Waals surface area contributed by atoms with Gasteiger partial charge in [-0.2, -0.15) is 5.10 Å². The van der Waals surface area contributed by atoms with Crippen LogP contribution in [0.15, 0.2) is 36.7 Å². The Morgan fingerprint density at radius 2 is 2.21 bits per heavy atom. The quantitative estimate of drug-likeness (QED) is 0.726. The predicted molar refractivity (Wildman–Crippen MR) is 90.6 cm³/mol. The molecule has 0 bridgehead atoms. The highest BCUT2D eigenvalue weighted by molar-refractivity contribution is 5.92. The minimum absolute atomic E-state index is 0.0375. The normalized spacial score (nSPS) is 18.3. The maximum atomic E-state index is 14.1. The molecule has 1 unspecified atom stereocenters. The second-order valence-corrected chi connectivity index (χ2v) is 6.17. The summed E-state index contributed by atoms with van der Waals surface area (Å²) >= 11 is 0. The van der Waals surface area contributed by atoms with Crippen molar-refractivity contribution in [1.29, 1.82) is 0 Å². The molecule has 0 amide bonds. The van der Waals surface area contributed by atoms with E-state index in [1.165, 1.54) is 6.07 Å². The number of rotatable bonds is 2. The number of benzene rings is 1. The SMILES string of the molecule is Cc1cc(N2CCOC(c3cnn(C)c3)C2)c2cccc(F)c2n1. The molecule has 1 aliphatic rings. The fourth-order valence-electron chi connectivity index (χ4n) is 3.26. The average molecular weight is 326 g/mol. The molecule has 0 radical (unpaired) electrons. The third-order valence-electron chi connectivity index (χ3n) is 4.40. The summed E-state index contributed by atoms with van der Waals surface area (Å²) in [6, 6.07) is 7.13. The molecular weight excluding hydrogens is 307 g/mol. The van der Waals surface area contributed by atoms with Gasteiger partial charge in [0.05, 0.1) is 12.8 Å². The number of hydrogen-bond acceptors (Lipinski definition) is 4. The second-order valence-electron chi connectivity index (χ2n) is 6.17. The summed E-state index contributed by atoms with van der Waals surface area (Å²) in [6.07, 6.45) is 3.78. The molecular formula is C18H19FN4O. The molecule has 3 aromatic rings. The van der Waals surface area contributed by atoms with Crippen molar-refractivity contribution in [2.75, 3.05) is 24.6 Å². The van der Waals surface area contributed by atoms with Crippen LogP contribution < -0.4 is 4.90 Å². The highest BCUT2D eigenvalue weighted by Gasteiger charge is 2.25. The fourth-order valence-corrected chi connectivity index (χ4v) is 3.26. The lowest BCUT2D eigenvalue weighted by atomic mass is 10.1. The first kappa shape index (κ1) is 15.1. The zero-order valence-corrected chi connectivity index (χ0v) is 13.7. The average Bonchev–Trinajstić information content (AvgIpc) is 3.02. The molecule has 1 aromatic carbocycles. The molecule has 1 saturated heterocycles. The Labute approximate surface area is 139 Å². The standard InChI is InChI=1S/C18H19FN4O/c1-12-8-16(14-4-3-5-15(19)18(14)21-12)23-6-7-24-17(11-23)13-9-20-22(2)10-13/h3-5,8-10,17H,6-7,11H2,1-2H3. The molecule has 0 aliphatic carbocycles. The fraction of sp³-hybridized carbons (Fsp3) is 0.333. The topological polar surface area (TPSA) is 43.2 Å². The summed E-state index contributed by atoms with van der Waals surface area (Å²) < 4.78 is 21.8. The number of pyridine rings is 1. The monoisotopic (exact) mass is 326 g/mol. The molecule has 5 nitrogen and oxygen atoms in total. The lowest BCUT2D eigenvalue weighted by molar-refractivity contribution is 0.0398. The Kier molecular flexibility index (Phi) is 3.69. The highest BCUT2D eigenvalue weighted by Crippen LogP contribution is 2.32. The van der Waals surface area contributed by atoms with Gasteiger partial charge in [0.15, 0.2) is 0 Å². The second kappa shape index (κ2) is 5.87. The minimum Gasteiger partial charge on any atom is -0.370 e. The van der Waals surface area contributed by atoms with Gasteiger partial charge < -0.3 is 9.64 Å². The number of fused-ring (bicyclic) bond motifs is 1. The molecule has 0 saturated carbocycles. The summed E-state index contributed by atoms with van der Waals surface area (Å²) in [6.45, 7) is 4.00. The first-order valence-electron chi connectivity index (χ1n) is 8.03. The number of aromatic nitrogens is 3. The number of anilines is 1. The Morgan fingerprint density at radius 3 is 3.00 bits per heavy atom. The molecule has 1 fully saturated rings. The van der Waals surface area contributed by atoms with Crippen LogP contribution in [0, 0.1) is 12.7 Å². The van der Waals surface area contributed by atoms with Crippen molar-refractivity contribution >= 4 is 16.6 Å². The van der Waals surface area contributed by atoms with Crippen LogP contribution in [0.5, 0.6) is 0 Å². The molecule has 0 N–H and O–H groups in total. The van der Waals surface area contributed by atoms with Crippen molar-refractivity contribution < 1.29 is 9.13 Å². The largest absolute Gasteiger partial charge is 0.370 e. The van der Waals surface area contributed by atoms with Crippen LogP contribution in [0.1, 0.15) is 17.4 Å². The number of morpholine rings is 1. The maximum absolute atomic E-state index is 14.1.